The molecule has 7 heteroatoms. The van der Waals surface area contributed by atoms with Crippen LogP contribution in [-0.2, 0) is 0 Å². The van der Waals surface area contributed by atoms with Gasteiger partial charge in [-0.25, -0.2) is 0 Å². The Morgan fingerprint density at radius 2 is 1.95 bits per heavy atom. The topological polar surface area (TPSA) is 96.5 Å². The molecule has 1 saturated heterocycles. The van der Waals surface area contributed by atoms with E-state index in [2.05, 4.69) is 15.5 Å². The molecule has 0 atom stereocenters. The van der Waals surface area contributed by atoms with Crippen molar-refractivity contribution in [3.05, 3.63) is 28.3 Å². The van der Waals surface area contributed by atoms with E-state index in [4.69, 9.17) is 5.73 Å². The van der Waals surface area contributed by atoms with Crippen LogP contribution < -0.4 is 16.4 Å². The van der Waals surface area contributed by atoms with Crippen molar-refractivity contribution in [2.24, 2.45) is 0 Å². The van der Waals surface area contributed by atoms with Crippen molar-refractivity contribution in [1.82, 2.24) is 10.2 Å². The van der Waals surface area contributed by atoms with Crippen molar-refractivity contribution in [1.29, 1.82) is 0 Å². The molecule has 1 aromatic rings. The van der Waals surface area contributed by atoms with Gasteiger partial charge in [0, 0.05) is 37.9 Å². The summed E-state index contributed by atoms with van der Waals surface area (Å²) >= 11 is 0. The summed E-state index contributed by atoms with van der Waals surface area (Å²) in [6, 6.07) is 4.70. The van der Waals surface area contributed by atoms with Gasteiger partial charge in [0.05, 0.1) is 4.92 Å². The molecule has 1 aromatic carbocycles. The van der Waals surface area contributed by atoms with Crippen molar-refractivity contribution in [2.45, 2.75) is 19.3 Å². The van der Waals surface area contributed by atoms with E-state index in [0.29, 0.717) is 17.9 Å². The minimum Gasteiger partial charge on any atom is -0.399 e. The van der Waals surface area contributed by atoms with Gasteiger partial charge in [-0.15, -0.1) is 0 Å². The molecule has 122 valence electrons. The molecule has 7 nitrogen and oxygen atoms in total. The van der Waals surface area contributed by atoms with Gasteiger partial charge in [-0.3, -0.25) is 10.1 Å². The fourth-order valence-corrected chi connectivity index (χ4v) is 2.68. The Hall–Kier alpha value is -1.86. The molecule has 0 amide bonds. The monoisotopic (exact) mass is 307 g/mol. The zero-order valence-electron chi connectivity index (χ0n) is 12.9. The molecule has 0 unspecified atom stereocenters. The SMILES string of the molecule is Nc1ccc(NCCNCCN2CCCCC2)c([N+](=O)[O-])c1. The normalized spacial score (nSPS) is 15.6. The fraction of sp³-hybridized carbons (Fsp3) is 0.600. The molecule has 0 radical (unpaired) electrons. The third-order valence-corrected chi connectivity index (χ3v) is 3.89. The number of likely N-dealkylation sites (tertiary alicyclic amines) is 1. The minimum atomic E-state index is -0.414. The number of benzene rings is 1. The first-order chi connectivity index (χ1) is 10.7. The number of nitrogens with zero attached hydrogens (tertiary/aromatic N) is 2. The van der Waals surface area contributed by atoms with Gasteiger partial charge in [-0.05, 0) is 38.1 Å². The van der Waals surface area contributed by atoms with E-state index in [0.717, 1.165) is 19.6 Å². The lowest BCUT2D eigenvalue weighted by atomic mass is 10.1. The zero-order valence-corrected chi connectivity index (χ0v) is 12.9. The maximum Gasteiger partial charge on any atom is 0.294 e. The summed E-state index contributed by atoms with van der Waals surface area (Å²) in [5, 5.41) is 17.4. The molecule has 1 aliphatic heterocycles. The molecule has 0 aromatic heterocycles. The van der Waals surface area contributed by atoms with E-state index in [1.807, 2.05) is 0 Å². The summed E-state index contributed by atoms with van der Waals surface area (Å²) in [7, 11) is 0. The lowest BCUT2D eigenvalue weighted by Gasteiger charge is -2.26. The third-order valence-electron chi connectivity index (χ3n) is 3.89. The van der Waals surface area contributed by atoms with E-state index >= 15 is 0 Å². The van der Waals surface area contributed by atoms with E-state index in [1.165, 1.54) is 38.4 Å². The Morgan fingerprint density at radius 1 is 1.18 bits per heavy atom. The minimum absolute atomic E-state index is 0.0216. The van der Waals surface area contributed by atoms with Crippen LogP contribution in [0.15, 0.2) is 18.2 Å². The molecular weight excluding hydrogens is 282 g/mol. The van der Waals surface area contributed by atoms with Gasteiger partial charge in [0.2, 0.25) is 0 Å². The van der Waals surface area contributed by atoms with Crippen LogP contribution in [0.2, 0.25) is 0 Å². The van der Waals surface area contributed by atoms with Crippen LogP contribution in [0.25, 0.3) is 0 Å². The Balaban J connectivity index is 1.65. The number of hydrogen-bond donors (Lipinski definition) is 3. The number of piperidine rings is 1. The Labute approximate surface area is 131 Å². The van der Waals surface area contributed by atoms with Crippen LogP contribution in [0.3, 0.4) is 0 Å². The predicted molar refractivity (Wildman–Crippen MR) is 89.2 cm³/mol. The first-order valence-corrected chi connectivity index (χ1v) is 7.87. The van der Waals surface area contributed by atoms with Gasteiger partial charge in [-0.1, -0.05) is 6.42 Å². The maximum atomic E-state index is 11.0. The lowest BCUT2D eigenvalue weighted by Crippen LogP contribution is -2.36. The second kappa shape index (κ2) is 8.55. The molecule has 2 rings (SSSR count). The maximum absolute atomic E-state index is 11.0. The van der Waals surface area contributed by atoms with E-state index in [9.17, 15) is 10.1 Å². The number of nitrogen functional groups attached to an aromatic ring is 1. The summed E-state index contributed by atoms with van der Waals surface area (Å²) in [6.45, 7) is 5.85. The smallest absolute Gasteiger partial charge is 0.294 e. The average molecular weight is 307 g/mol. The lowest BCUT2D eigenvalue weighted by molar-refractivity contribution is -0.383. The van der Waals surface area contributed by atoms with Crippen LogP contribution >= 0.6 is 0 Å². The van der Waals surface area contributed by atoms with Crippen LogP contribution in [0.1, 0.15) is 19.3 Å². The molecule has 1 aliphatic rings. The molecule has 0 spiro atoms. The van der Waals surface area contributed by atoms with Gasteiger partial charge >= 0.3 is 0 Å². The van der Waals surface area contributed by atoms with Gasteiger partial charge in [0.25, 0.3) is 5.69 Å². The number of nitrogens with one attached hydrogen (secondary N) is 2. The van der Waals surface area contributed by atoms with E-state index in [1.54, 1.807) is 12.1 Å². The number of nitrogens with two attached hydrogens (primary N) is 1. The second-order valence-electron chi connectivity index (χ2n) is 5.61. The first-order valence-electron chi connectivity index (χ1n) is 7.87. The Kier molecular flexibility index (Phi) is 6.42. The van der Waals surface area contributed by atoms with E-state index < -0.39 is 4.92 Å². The van der Waals surface area contributed by atoms with E-state index in [-0.39, 0.29) is 5.69 Å². The number of rotatable bonds is 8. The highest BCUT2D eigenvalue weighted by atomic mass is 16.6. The molecule has 1 heterocycles. The van der Waals surface area contributed by atoms with Gasteiger partial charge in [0.1, 0.15) is 5.69 Å². The van der Waals surface area contributed by atoms with Crippen molar-refractivity contribution in [3.63, 3.8) is 0 Å². The van der Waals surface area contributed by atoms with Crippen LogP contribution in [-0.4, -0.2) is 49.1 Å². The summed E-state index contributed by atoms with van der Waals surface area (Å²) in [6.07, 6.45) is 3.97. The fourth-order valence-electron chi connectivity index (χ4n) is 2.68. The predicted octanol–water partition coefficient (Wildman–Crippen LogP) is 1.66. The number of nitro groups is 1. The molecule has 22 heavy (non-hydrogen) atoms. The highest BCUT2D eigenvalue weighted by Crippen LogP contribution is 2.26. The highest BCUT2D eigenvalue weighted by molar-refractivity contribution is 5.66. The summed E-state index contributed by atoms with van der Waals surface area (Å²) in [5.41, 5.74) is 6.51. The molecule has 4 N–H and O–H groups in total. The number of nitro benzene ring substituents is 1. The molecular formula is C15H25N5O2. The Bertz CT molecular complexity index is 489. The van der Waals surface area contributed by atoms with Gasteiger partial charge in [-0.2, -0.15) is 0 Å². The van der Waals surface area contributed by atoms with Gasteiger partial charge < -0.3 is 21.3 Å². The molecule has 0 saturated carbocycles. The summed E-state index contributed by atoms with van der Waals surface area (Å²) in [5.74, 6) is 0. The largest absolute Gasteiger partial charge is 0.399 e. The van der Waals surface area contributed by atoms with Crippen molar-refractivity contribution < 1.29 is 4.92 Å². The van der Waals surface area contributed by atoms with Crippen LogP contribution in [0, 0.1) is 10.1 Å². The van der Waals surface area contributed by atoms with Crippen molar-refractivity contribution >= 4 is 17.1 Å². The highest BCUT2D eigenvalue weighted by Gasteiger charge is 2.13. The number of anilines is 2. The van der Waals surface area contributed by atoms with Crippen LogP contribution in [0.5, 0.6) is 0 Å². The molecule has 0 bridgehead atoms. The molecule has 0 aliphatic carbocycles. The first kappa shape index (κ1) is 16.5. The summed E-state index contributed by atoms with van der Waals surface area (Å²) in [4.78, 5) is 13.0. The average Bonchev–Trinajstić information content (AvgIpc) is 2.52. The van der Waals surface area contributed by atoms with Crippen molar-refractivity contribution in [3.8, 4) is 0 Å². The summed E-state index contributed by atoms with van der Waals surface area (Å²) < 4.78 is 0. The quantitative estimate of drug-likeness (QED) is 0.292. The zero-order chi connectivity index (χ0) is 15.8. The van der Waals surface area contributed by atoms with Crippen molar-refractivity contribution in [2.75, 3.05) is 50.3 Å². The third kappa shape index (κ3) is 5.16. The number of hydrogen-bond acceptors (Lipinski definition) is 6. The second-order valence-corrected chi connectivity index (χ2v) is 5.61. The van der Waals surface area contributed by atoms with Gasteiger partial charge in [0.15, 0.2) is 0 Å². The standard InChI is InChI=1S/C15H25N5O2/c16-13-4-5-14(15(12-13)20(21)22)18-7-6-17-8-11-19-9-2-1-3-10-19/h4-5,12,17-18H,1-3,6-11,16H2. The Morgan fingerprint density at radius 3 is 2.68 bits per heavy atom. The molecule has 1 fully saturated rings. The van der Waals surface area contributed by atoms with Crippen LogP contribution in [0.4, 0.5) is 17.1 Å².